The number of hydrogen-bond acceptors (Lipinski definition) is 3. The van der Waals surface area contributed by atoms with Crippen molar-refractivity contribution >= 4 is 210 Å². The first-order valence-electron chi connectivity index (χ1n) is 11.5. The van der Waals surface area contributed by atoms with Crippen LogP contribution in [0, 0.1) is 0 Å². The minimum absolute atomic E-state index is 0.108. The molecule has 0 aliphatic rings. The molecule has 1 aromatic carbocycles. The fraction of sp³-hybridized carbons (Fsp3) is 0.273. The molecule has 0 saturated carbocycles. The lowest BCUT2D eigenvalue weighted by molar-refractivity contribution is -0.137. The second-order valence-corrected chi connectivity index (χ2v) is 37.9. The van der Waals surface area contributed by atoms with Crippen LogP contribution in [-0.4, -0.2) is 60.1 Å². The Balaban J connectivity index is 0.000000793. The van der Waals surface area contributed by atoms with Crippen molar-refractivity contribution in [3.63, 3.8) is 0 Å². The highest BCUT2D eigenvalue weighted by Gasteiger charge is 2.52. The normalized spacial score (nSPS) is 11.7. The number of nitrogens with one attached hydrogen (secondary N) is 2. The van der Waals surface area contributed by atoms with E-state index in [2.05, 4.69) is 118 Å². The predicted octanol–water partition coefficient (Wildman–Crippen LogP) is 6.33. The van der Waals surface area contributed by atoms with E-state index in [1.165, 1.54) is 6.92 Å². The standard InChI is InChI=1S/C11H13ClN2O3.B7H25P16/c1-7(15)13-9-4-2-8(3-5-9)10(14-12)6-11(16)17;8-4(9)2(6(12)20-13)1(3(5(10)11)21(14)15)7(22(16)17)23(18)19/h2-5,10,14H,6H2,1H3,(H,13,15)(H,16,17);20H,8-19H2. The van der Waals surface area contributed by atoms with Crippen molar-refractivity contribution in [1.29, 1.82) is 0 Å². The number of carboxylic acid groups (broad SMARTS) is 1. The van der Waals surface area contributed by atoms with E-state index in [-0.39, 0.29) is 33.9 Å². The highest BCUT2D eigenvalue weighted by Crippen LogP contribution is 2.73. The van der Waals surface area contributed by atoms with E-state index < -0.39 is 12.0 Å². The van der Waals surface area contributed by atoms with E-state index in [1.807, 2.05) is 0 Å². The first kappa shape index (κ1) is 45.7. The molecule has 3 N–H and O–H groups in total. The molecule has 40 heavy (non-hydrogen) atoms. The maximum atomic E-state index is 10.8. The lowest BCUT2D eigenvalue weighted by Crippen LogP contribution is -2.66. The van der Waals surface area contributed by atoms with Gasteiger partial charge in [0.1, 0.15) is 18.3 Å². The minimum Gasteiger partial charge on any atom is -0.481 e. The maximum absolute atomic E-state index is 10.8. The Bertz CT molecular complexity index is 867. The van der Waals surface area contributed by atoms with Gasteiger partial charge in [-0.15, -0.1) is 92.2 Å². The third kappa shape index (κ3) is 17.4. The highest BCUT2D eigenvalue weighted by atomic mass is 35.5. The molecule has 14 unspecified atom stereocenters. The maximum Gasteiger partial charge on any atom is 0.305 e. The van der Waals surface area contributed by atoms with Crippen molar-refractivity contribution < 1.29 is 14.7 Å². The molecular formula is C11H38B7ClN2O3P16. The summed E-state index contributed by atoms with van der Waals surface area (Å²) in [6.45, 7) is 1.42. The number of carbonyl (C=O) groups excluding carboxylic acids is 1. The van der Waals surface area contributed by atoms with Gasteiger partial charge in [-0.3, -0.25) is 9.59 Å². The number of rotatable bonds is 15. The van der Waals surface area contributed by atoms with Crippen molar-refractivity contribution in [2.24, 2.45) is 0 Å². The fourth-order valence-electron chi connectivity index (χ4n) is 4.05. The third-order valence-corrected chi connectivity index (χ3v) is 26.3. The topological polar surface area (TPSA) is 78.4 Å². The monoisotopic (exact) mass is 854 g/mol. The zero-order chi connectivity index (χ0) is 31.3. The van der Waals surface area contributed by atoms with Crippen molar-refractivity contribution in [3.05, 3.63) is 29.8 Å². The number of carboxylic acids is 1. The summed E-state index contributed by atoms with van der Waals surface area (Å²) in [6, 6.07) is 8.81. The molecule has 0 spiro atoms. The SMILES string of the molecule is CC(=O)Nc1ccc(C(CC(=O)O)NCl)cc1.PPB(P)B(B(P)P)B(B(B(P)P)P(P)P)B(P(P)P)P(P)P. The molecule has 0 radical (unpaired) electrons. The van der Waals surface area contributed by atoms with E-state index in [4.69, 9.17) is 16.9 Å². The Labute approximate surface area is 282 Å². The van der Waals surface area contributed by atoms with Gasteiger partial charge in [-0.2, -0.15) is 45.6 Å². The number of anilines is 1. The summed E-state index contributed by atoms with van der Waals surface area (Å²) in [5.41, 5.74) is 1.40. The van der Waals surface area contributed by atoms with Crippen molar-refractivity contribution in [3.8, 4) is 0 Å². The lowest BCUT2D eigenvalue weighted by Gasteiger charge is -2.41. The zero-order valence-electron chi connectivity index (χ0n) is 22.0. The van der Waals surface area contributed by atoms with Crippen LogP contribution in [0.1, 0.15) is 24.9 Å². The molecule has 0 fully saturated rings. The average molecular weight is 853 g/mol. The molecule has 0 aromatic heterocycles. The quantitative estimate of drug-likeness (QED) is 0.110. The molecule has 1 aromatic rings. The van der Waals surface area contributed by atoms with Gasteiger partial charge in [0, 0.05) is 12.6 Å². The highest BCUT2D eigenvalue weighted by molar-refractivity contribution is 8.81. The number of hydrogen-bond donors (Lipinski definition) is 3. The second-order valence-electron chi connectivity index (χ2n) is 8.81. The summed E-state index contributed by atoms with van der Waals surface area (Å²) in [7, 11) is 37.5. The third-order valence-electron chi connectivity index (χ3n) is 5.73. The van der Waals surface area contributed by atoms with Crippen LogP contribution in [0.5, 0.6) is 0 Å². The molecule has 29 heteroatoms. The summed E-state index contributed by atoms with van der Waals surface area (Å²) >= 11 is 5.49. The number of halogens is 1. The van der Waals surface area contributed by atoms with Gasteiger partial charge in [0.2, 0.25) is 5.91 Å². The van der Waals surface area contributed by atoms with Crippen LogP contribution in [0.3, 0.4) is 0 Å². The molecule has 0 aliphatic heterocycles. The number of amides is 1. The summed E-state index contributed by atoms with van der Waals surface area (Å²) in [4.78, 5) is 23.8. The summed E-state index contributed by atoms with van der Waals surface area (Å²) in [5.74, 6) is -1.09. The Kier molecular flexibility index (Phi) is 28.4. The van der Waals surface area contributed by atoms with E-state index >= 15 is 0 Å². The van der Waals surface area contributed by atoms with Gasteiger partial charge in [-0.05, 0) is 29.5 Å². The van der Waals surface area contributed by atoms with E-state index in [1.54, 1.807) is 24.3 Å². The van der Waals surface area contributed by atoms with E-state index in [0.717, 1.165) is 19.8 Å². The molecule has 5 nitrogen and oxygen atoms in total. The first-order valence-corrected chi connectivity index (χ1v) is 32.1. The van der Waals surface area contributed by atoms with Crippen molar-refractivity contribution in [2.75, 3.05) is 5.32 Å². The predicted molar refractivity (Wildman–Crippen MR) is 251 cm³/mol. The van der Waals surface area contributed by atoms with Crippen LogP contribution in [-0.2, 0) is 9.59 Å². The van der Waals surface area contributed by atoms with E-state index in [9.17, 15) is 9.59 Å². The molecule has 0 bridgehead atoms. The Morgan fingerprint density at radius 2 is 1.43 bits per heavy atom. The van der Waals surface area contributed by atoms with Crippen LogP contribution >= 0.6 is 150 Å². The Hall–Kier alpha value is 5.74. The van der Waals surface area contributed by atoms with Gasteiger partial charge in [-0.1, -0.05) is 12.1 Å². The smallest absolute Gasteiger partial charge is 0.305 e. The number of aliphatic carboxylic acids is 1. The van der Waals surface area contributed by atoms with E-state index in [0.29, 0.717) is 42.8 Å². The molecule has 1 amide bonds. The molecule has 0 heterocycles. The molecule has 218 valence electrons. The molecule has 0 aliphatic carbocycles. The Morgan fingerprint density at radius 1 is 0.925 bits per heavy atom. The molecular weight excluding hydrogens is 815 g/mol. The lowest BCUT2D eigenvalue weighted by atomic mass is 8.73. The minimum atomic E-state index is -0.936. The molecule has 0 saturated heterocycles. The van der Waals surface area contributed by atoms with Gasteiger partial charge in [0.15, 0.2) is 12.1 Å². The summed E-state index contributed by atoms with van der Waals surface area (Å²) in [6.07, 6.45) is 1.92. The van der Waals surface area contributed by atoms with Gasteiger partial charge in [0.05, 0.1) is 25.2 Å². The molecule has 14 atom stereocenters. The van der Waals surface area contributed by atoms with Gasteiger partial charge >= 0.3 is 5.97 Å². The first-order chi connectivity index (χ1) is 18.5. The van der Waals surface area contributed by atoms with Crippen molar-refractivity contribution in [1.82, 2.24) is 4.84 Å². The second kappa shape index (κ2) is 24.8. The van der Waals surface area contributed by atoms with Crippen LogP contribution in [0.15, 0.2) is 24.3 Å². The van der Waals surface area contributed by atoms with Crippen LogP contribution in [0.25, 0.3) is 0 Å². The summed E-state index contributed by atoms with van der Waals surface area (Å²) in [5, 5.41) is 11.3. The number of carbonyl (C=O) groups is 2. The average Bonchev–Trinajstić information content (AvgIpc) is 2.81. The largest absolute Gasteiger partial charge is 0.481 e. The van der Waals surface area contributed by atoms with Gasteiger partial charge < -0.3 is 10.4 Å². The van der Waals surface area contributed by atoms with Crippen molar-refractivity contribution in [2.45, 2.75) is 19.4 Å². The fourth-order valence-corrected chi connectivity index (χ4v) is 32.2. The summed E-state index contributed by atoms with van der Waals surface area (Å²) < 4.78 is 0. The molecule has 1 rings (SSSR count). The number of benzene rings is 1. The van der Waals surface area contributed by atoms with Crippen LogP contribution in [0.2, 0.25) is 0 Å². The van der Waals surface area contributed by atoms with Crippen LogP contribution < -0.4 is 10.2 Å². The zero-order valence-corrected chi connectivity index (χ0v) is 40.3. The van der Waals surface area contributed by atoms with Gasteiger partial charge in [-0.25, -0.2) is 4.84 Å². The Morgan fingerprint density at radius 3 is 1.73 bits per heavy atom. The van der Waals surface area contributed by atoms with Gasteiger partial charge in [0.25, 0.3) is 0 Å². The van der Waals surface area contributed by atoms with Crippen LogP contribution in [0.4, 0.5) is 5.69 Å².